The van der Waals surface area contributed by atoms with Gasteiger partial charge in [0.15, 0.2) is 0 Å². The summed E-state index contributed by atoms with van der Waals surface area (Å²) in [5.41, 5.74) is 0.726. The molecule has 1 rings (SSSR count). The third-order valence-electron chi connectivity index (χ3n) is 4.05. The van der Waals surface area contributed by atoms with Crippen molar-refractivity contribution in [3.05, 3.63) is 29.8 Å². The summed E-state index contributed by atoms with van der Waals surface area (Å²) < 4.78 is 31.8. The minimum absolute atomic E-state index is 0. The molecule has 130 valence electrons. The SMILES string of the molecule is CCCCCCCCCCCCc1ccccc1S(=O)(=O)O.[H-].[H-].[K+].[Na+]. The summed E-state index contributed by atoms with van der Waals surface area (Å²) >= 11 is 0. The Morgan fingerprint density at radius 2 is 1.33 bits per heavy atom. The Morgan fingerprint density at radius 1 is 0.875 bits per heavy atom. The predicted molar refractivity (Wildman–Crippen MR) is 94.0 cm³/mol. The third kappa shape index (κ3) is 13.0. The first-order valence-corrected chi connectivity index (χ1v) is 10.0. The molecule has 0 bridgehead atoms. The van der Waals surface area contributed by atoms with Gasteiger partial charge in [0.05, 0.1) is 4.90 Å². The van der Waals surface area contributed by atoms with Gasteiger partial charge in [0.1, 0.15) is 0 Å². The van der Waals surface area contributed by atoms with Crippen LogP contribution in [0, 0.1) is 0 Å². The maximum Gasteiger partial charge on any atom is 1.00 e. The van der Waals surface area contributed by atoms with E-state index >= 15 is 0 Å². The Balaban J connectivity index is -0.000000605. The zero-order chi connectivity index (χ0) is 16.3. The second kappa shape index (κ2) is 16.9. The van der Waals surface area contributed by atoms with Crippen molar-refractivity contribution < 1.29 is 96.8 Å². The number of hydrogen-bond donors (Lipinski definition) is 1. The molecule has 3 nitrogen and oxygen atoms in total. The van der Waals surface area contributed by atoms with Crippen molar-refractivity contribution in [1.82, 2.24) is 0 Å². The van der Waals surface area contributed by atoms with Crippen molar-refractivity contribution in [1.29, 1.82) is 0 Å². The van der Waals surface area contributed by atoms with Gasteiger partial charge in [-0.05, 0) is 24.5 Å². The van der Waals surface area contributed by atoms with E-state index in [-0.39, 0.29) is 88.7 Å². The van der Waals surface area contributed by atoms with Gasteiger partial charge in [-0.25, -0.2) is 0 Å². The van der Waals surface area contributed by atoms with Crippen LogP contribution in [0.3, 0.4) is 0 Å². The van der Waals surface area contributed by atoms with Gasteiger partial charge in [-0.2, -0.15) is 8.42 Å². The Kier molecular flexibility index (Phi) is 19.7. The van der Waals surface area contributed by atoms with Crippen LogP contribution in [0.4, 0.5) is 0 Å². The summed E-state index contributed by atoms with van der Waals surface area (Å²) in [6.45, 7) is 2.24. The van der Waals surface area contributed by atoms with Crippen molar-refractivity contribution in [3.8, 4) is 0 Å². The van der Waals surface area contributed by atoms with Gasteiger partial charge >= 0.3 is 80.9 Å². The van der Waals surface area contributed by atoms with Crippen LogP contribution in [0.15, 0.2) is 29.2 Å². The van der Waals surface area contributed by atoms with E-state index in [1.165, 1.54) is 57.4 Å². The van der Waals surface area contributed by atoms with Crippen molar-refractivity contribution >= 4 is 10.1 Å². The predicted octanol–water partition coefficient (Wildman–Crippen LogP) is -0.370. The largest absolute Gasteiger partial charge is 1.00 e. The van der Waals surface area contributed by atoms with E-state index in [0.717, 1.165) is 18.4 Å². The summed E-state index contributed by atoms with van der Waals surface area (Å²) in [6, 6.07) is 6.73. The van der Waals surface area contributed by atoms with Crippen molar-refractivity contribution in [2.24, 2.45) is 0 Å². The molecule has 1 N–H and O–H groups in total. The summed E-state index contributed by atoms with van der Waals surface area (Å²) in [4.78, 5) is 0.0610. The summed E-state index contributed by atoms with van der Waals surface area (Å²) in [7, 11) is -4.10. The van der Waals surface area contributed by atoms with Crippen LogP contribution in [-0.4, -0.2) is 13.0 Å². The number of hydrogen-bond acceptors (Lipinski definition) is 2. The molecule has 1 aromatic carbocycles. The van der Waals surface area contributed by atoms with Crippen LogP contribution >= 0.6 is 0 Å². The molecule has 0 saturated carbocycles. The molecule has 0 fully saturated rings. The normalized spacial score (nSPS) is 10.8. The summed E-state index contributed by atoms with van der Waals surface area (Å²) in [5, 5.41) is 0. The van der Waals surface area contributed by atoms with E-state index in [1.807, 2.05) is 6.07 Å². The van der Waals surface area contributed by atoms with E-state index < -0.39 is 10.1 Å². The number of aryl methyl sites for hydroxylation is 1. The fourth-order valence-corrected chi connectivity index (χ4v) is 3.52. The fourth-order valence-electron chi connectivity index (χ4n) is 2.76. The molecular weight excluding hydrogens is 358 g/mol. The van der Waals surface area contributed by atoms with E-state index in [2.05, 4.69) is 6.92 Å². The Morgan fingerprint density at radius 3 is 1.83 bits per heavy atom. The molecule has 0 unspecified atom stereocenters. The second-order valence-electron chi connectivity index (χ2n) is 6.01. The maximum absolute atomic E-state index is 11.3. The molecule has 0 spiro atoms. The molecule has 0 amide bonds. The van der Waals surface area contributed by atoms with Gasteiger partial charge in [-0.1, -0.05) is 82.9 Å². The summed E-state index contributed by atoms with van der Waals surface area (Å²) in [6.07, 6.45) is 13.3. The van der Waals surface area contributed by atoms with E-state index in [1.54, 1.807) is 12.1 Å². The fraction of sp³-hybridized carbons (Fsp3) is 0.667. The smallest absolute Gasteiger partial charge is 1.00 e. The second-order valence-corrected chi connectivity index (χ2v) is 7.40. The first kappa shape index (κ1) is 28.0. The quantitative estimate of drug-likeness (QED) is 0.301. The Bertz CT molecular complexity index is 531. The Labute approximate surface area is 216 Å². The van der Waals surface area contributed by atoms with Crippen LogP contribution in [0.2, 0.25) is 0 Å². The topological polar surface area (TPSA) is 54.4 Å². The molecule has 0 heterocycles. The van der Waals surface area contributed by atoms with Gasteiger partial charge in [0, 0.05) is 0 Å². The molecule has 0 aliphatic carbocycles. The monoisotopic (exact) mass is 390 g/mol. The third-order valence-corrected chi connectivity index (χ3v) is 5.00. The van der Waals surface area contributed by atoms with E-state index in [4.69, 9.17) is 0 Å². The molecule has 24 heavy (non-hydrogen) atoms. The standard InChI is InChI=1S/C18H30O3S.K.Na.2H/c1-2-3-4-5-6-7-8-9-10-11-14-17-15-12-13-16-18(17)22(19,20)21;;;;/h12-13,15-16H,2-11,14H2,1H3,(H,19,20,21);;;;/q;2*+1;2*-1. The molecule has 0 saturated heterocycles. The van der Waals surface area contributed by atoms with Gasteiger partial charge in [-0.15, -0.1) is 0 Å². The summed E-state index contributed by atoms with van der Waals surface area (Å²) in [5.74, 6) is 0. The van der Waals surface area contributed by atoms with Crippen LogP contribution < -0.4 is 80.9 Å². The first-order chi connectivity index (χ1) is 10.6. The van der Waals surface area contributed by atoms with Crippen LogP contribution in [0.25, 0.3) is 0 Å². The molecular formula is C18H32KNaO3S. The minimum Gasteiger partial charge on any atom is -1.00 e. The molecule has 6 heteroatoms. The van der Waals surface area contributed by atoms with E-state index in [9.17, 15) is 13.0 Å². The van der Waals surface area contributed by atoms with Crippen molar-refractivity contribution in [2.45, 2.75) is 82.4 Å². The van der Waals surface area contributed by atoms with Crippen LogP contribution in [0.5, 0.6) is 0 Å². The first-order valence-electron chi connectivity index (χ1n) is 8.61. The van der Waals surface area contributed by atoms with Gasteiger partial charge < -0.3 is 2.85 Å². The molecule has 0 atom stereocenters. The molecule has 0 aromatic heterocycles. The molecule has 0 radical (unpaired) electrons. The zero-order valence-electron chi connectivity index (χ0n) is 17.8. The zero-order valence-corrected chi connectivity index (χ0v) is 21.7. The van der Waals surface area contributed by atoms with Crippen molar-refractivity contribution in [2.75, 3.05) is 0 Å². The van der Waals surface area contributed by atoms with Crippen LogP contribution in [-0.2, 0) is 16.5 Å². The number of benzene rings is 1. The Hall–Kier alpha value is 1.77. The molecule has 1 aromatic rings. The number of rotatable bonds is 12. The van der Waals surface area contributed by atoms with Crippen LogP contribution in [0.1, 0.15) is 79.5 Å². The maximum atomic E-state index is 11.3. The minimum atomic E-state index is -4.10. The van der Waals surface area contributed by atoms with Gasteiger partial charge in [-0.3, -0.25) is 4.55 Å². The molecule has 0 aliphatic rings. The van der Waals surface area contributed by atoms with Gasteiger partial charge in [0.25, 0.3) is 10.1 Å². The van der Waals surface area contributed by atoms with Crippen molar-refractivity contribution in [3.63, 3.8) is 0 Å². The average molecular weight is 391 g/mol. The average Bonchev–Trinajstić information content (AvgIpc) is 2.48. The molecule has 0 aliphatic heterocycles. The number of unbranched alkanes of at least 4 members (excludes halogenated alkanes) is 9. The van der Waals surface area contributed by atoms with Gasteiger partial charge in [0.2, 0.25) is 0 Å². The van der Waals surface area contributed by atoms with E-state index in [0.29, 0.717) is 6.42 Å².